The Kier molecular flexibility index (Phi) is 5.46. The van der Waals surface area contributed by atoms with Gasteiger partial charge >= 0.3 is 5.97 Å². The summed E-state index contributed by atoms with van der Waals surface area (Å²) in [4.78, 5) is 31.0. The molecule has 0 radical (unpaired) electrons. The van der Waals surface area contributed by atoms with Crippen LogP contribution < -0.4 is 14.9 Å². The second-order valence-corrected chi connectivity index (χ2v) is 7.74. The molecule has 1 atom stereocenters. The lowest BCUT2D eigenvalue weighted by Gasteiger charge is -2.24. The molecule has 0 amide bonds. The Morgan fingerprint density at radius 1 is 1.20 bits per heavy atom. The second-order valence-electron chi connectivity index (χ2n) is 6.73. The van der Waals surface area contributed by atoms with Gasteiger partial charge in [-0.3, -0.25) is 9.36 Å². The zero-order chi connectivity index (χ0) is 21.3. The van der Waals surface area contributed by atoms with Crippen LogP contribution in [0.4, 0.5) is 4.39 Å². The lowest BCUT2D eigenvalue weighted by atomic mass is 9.96. The molecule has 1 aliphatic heterocycles. The third kappa shape index (κ3) is 3.52. The number of carbonyl (C=O) groups excluding carboxylic acids is 1. The average molecular weight is 422 g/mol. The summed E-state index contributed by atoms with van der Waals surface area (Å²) in [5.41, 5.74) is 1.59. The molecule has 3 aromatic rings. The Morgan fingerprint density at radius 3 is 2.60 bits per heavy atom. The molecule has 30 heavy (non-hydrogen) atoms. The number of allylic oxidation sites excluding steroid dienone is 1. The normalized spacial score (nSPS) is 16.2. The molecule has 0 saturated heterocycles. The maximum Gasteiger partial charge on any atom is 0.338 e. The highest BCUT2D eigenvalue weighted by Gasteiger charge is 2.33. The van der Waals surface area contributed by atoms with Crippen LogP contribution in [0.1, 0.15) is 31.0 Å². The van der Waals surface area contributed by atoms with Crippen LogP contribution in [0, 0.1) is 5.82 Å². The van der Waals surface area contributed by atoms with Crippen molar-refractivity contribution in [3.05, 3.63) is 102 Å². The third-order valence-electron chi connectivity index (χ3n) is 4.82. The van der Waals surface area contributed by atoms with E-state index in [0.717, 1.165) is 5.56 Å². The molecule has 1 aromatic heterocycles. The van der Waals surface area contributed by atoms with Gasteiger partial charge in [0.05, 0.1) is 28.5 Å². The lowest BCUT2D eigenvalue weighted by Crippen LogP contribution is -2.39. The minimum absolute atomic E-state index is 0.217. The van der Waals surface area contributed by atoms with E-state index in [1.807, 2.05) is 30.3 Å². The zero-order valence-electron chi connectivity index (χ0n) is 16.5. The Hall–Kier alpha value is -3.32. The molecule has 2 aromatic carbocycles. The highest BCUT2D eigenvalue weighted by Crippen LogP contribution is 2.30. The van der Waals surface area contributed by atoms with E-state index in [-0.39, 0.29) is 12.2 Å². The topological polar surface area (TPSA) is 60.7 Å². The summed E-state index contributed by atoms with van der Waals surface area (Å²) in [7, 11) is 0. The zero-order valence-corrected chi connectivity index (χ0v) is 17.3. The van der Waals surface area contributed by atoms with Crippen LogP contribution >= 0.6 is 11.3 Å². The van der Waals surface area contributed by atoms with Crippen molar-refractivity contribution in [3.8, 4) is 0 Å². The first kappa shape index (κ1) is 20.0. The molecular weight excluding hydrogens is 403 g/mol. The number of hydrogen-bond acceptors (Lipinski definition) is 5. The van der Waals surface area contributed by atoms with Gasteiger partial charge < -0.3 is 4.74 Å². The largest absolute Gasteiger partial charge is 0.463 e. The van der Waals surface area contributed by atoms with Crippen molar-refractivity contribution < 1.29 is 13.9 Å². The van der Waals surface area contributed by atoms with Crippen molar-refractivity contribution in [1.29, 1.82) is 0 Å². The first-order valence-corrected chi connectivity index (χ1v) is 10.3. The number of halogens is 1. The molecular formula is C23H19FN2O3S. The minimum Gasteiger partial charge on any atom is -0.463 e. The Morgan fingerprint density at radius 2 is 1.90 bits per heavy atom. The van der Waals surface area contributed by atoms with Crippen LogP contribution in [0.15, 0.2) is 75.7 Å². The highest BCUT2D eigenvalue weighted by atomic mass is 32.1. The summed E-state index contributed by atoms with van der Waals surface area (Å²) < 4.78 is 21.2. The van der Waals surface area contributed by atoms with Crippen LogP contribution in [0.2, 0.25) is 0 Å². The van der Waals surface area contributed by atoms with Gasteiger partial charge in [-0.25, -0.2) is 14.2 Å². The fraction of sp³-hybridized carbons (Fsp3) is 0.174. The van der Waals surface area contributed by atoms with E-state index in [1.54, 1.807) is 32.0 Å². The van der Waals surface area contributed by atoms with Crippen molar-refractivity contribution in [1.82, 2.24) is 4.57 Å². The summed E-state index contributed by atoms with van der Waals surface area (Å²) in [5, 5.41) is 0. The molecule has 4 rings (SSSR count). The first-order chi connectivity index (χ1) is 14.5. The summed E-state index contributed by atoms with van der Waals surface area (Å²) >= 11 is 1.17. The molecule has 7 heteroatoms. The number of ether oxygens (including phenoxy) is 1. The highest BCUT2D eigenvalue weighted by molar-refractivity contribution is 7.07. The second kappa shape index (κ2) is 8.20. The van der Waals surface area contributed by atoms with Gasteiger partial charge in [0.1, 0.15) is 5.82 Å². The number of nitrogens with zero attached hydrogens (tertiary/aromatic N) is 2. The molecule has 0 bridgehead atoms. The van der Waals surface area contributed by atoms with Crippen LogP contribution in [0.5, 0.6) is 0 Å². The quantitative estimate of drug-likeness (QED) is 0.608. The van der Waals surface area contributed by atoms with E-state index in [9.17, 15) is 14.0 Å². The number of aromatic nitrogens is 1. The third-order valence-corrected chi connectivity index (χ3v) is 5.81. The number of esters is 1. The fourth-order valence-corrected chi connectivity index (χ4v) is 4.51. The number of thiazole rings is 1. The van der Waals surface area contributed by atoms with E-state index >= 15 is 0 Å². The fourth-order valence-electron chi connectivity index (χ4n) is 3.48. The van der Waals surface area contributed by atoms with Crippen LogP contribution in [-0.2, 0) is 9.53 Å². The van der Waals surface area contributed by atoms with E-state index < -0.39 is 17.8 Å². The summed E-state index contributed by atoms with van der Waals surface area (Å²) in [6.45, 7) is 3.68. The van der Waals surface area contributed by atoms with Gasteiger partial charge in [0, 0.05) is 5.56 Å². The SMILES string of the molecule is CCOC(=O)C1=C(C)N=c2s/c(=C\c3ccccc3F)c(=O)n2[C@@H]1c1ccccc1. The Labute approximate surface area is 176 Å². The van der Waals surface area contributed by atoms with Crippen molar-refractivity contribution in [2.75, 3.05) is 6.61 Å². The molecule has 152 valence electrons. The Bertz CT molecular complexity index is 1320. The average Bonchev–Trinajstić information content (AvgIpc) is 3.04. The van der Waals surface area contributed by atoms with E-state index in [4.69, 9.17) is 4.74 Å². The van der Waals surface area contributed by atoms with Gasteiger partial charge in [-0.1, -0.05) is 59.9 Å². The van der Waals surface area contributed by atoms with Crippen molar-refractivity contribution in [2.24, 2.45) is 4.99 Å². The van der Waals surface area contributed by atoms with Gasteiger partial charge in [-0.2, -0.15) is 0 Å². The number of benzene rings is 2. The van der Waals surface area contributed by atoms with Crippen LogP contribution in [-0.4, -0.2) is 17.1 Å². The van der Waals surface area contributed by atoms with Crippen molar-refractivity contribution in [2.45, 2.75) is 19.9 Å². The van der Waals surface area contributed by atoms with Gasteiger partial charge in [-0.05, 0) is 31.6 Å². The number of carbonyl (C=O) groups is 1. The number of hydrogen-bond donors (Lipinski definition) is 0. The lowest BCUT2D eigenvalue weighted by molar-refractivity contribution is -0.139. The molecule has 0 spiro atoms. The Balaban J connectivity index is 1.97. The molecule has 0 unspecified atom stereocenters. The molecule has 0 aliphatic carbocycles. The van der Waals surface area contributed by atoms with E-state index in [0.29, 0.717) is 26.2 Å². The first-order valence-electron chi connectivity index (χ1n) is 9.50. The molecule has 1 aliphatic rings. The van der Waals surface area contributed by atoms with Crippen LogP contribution in [0.25, 0.3) is 6.08 Å². The van der Waals surface area contributed by atoms with E-state index in [1.165, 1.54) is 28.0 Å². The molecule has 2 heterocycles. The van der Waals surface area contributed by atoms with Crippen molar-refractivity contribution in [3.63, 3.8) is 0 Å². The van der Waals surface area contributed by atoms with E-state index in [2.05, 4.69) is 4.99 Å². The van der Waals surface area contributed by atoms with Crippen molar-refractivity contribution >= 4 is 23.4 Å². The predicted octanol–water partition coefficient (Wildman–Crippen LogP) is 2.94. The smallest absolute Gasteiger partial charge is 0.338 e. The van der Waals surface area contributed by atoms with Gasteiger partial charge in [-0.15, -0.1) is 0 Å². The van der Waals surface area contributed by atoms with Gasteiger partial charge in [0.2, 0.25) is 0 Å². The molecule has 5 nitrogen and oxygen atoms in total. The molecule has 0 saturated carbocycles. The number of fused-ring (bicyclic) bond motifs is 1. The predicted molar refractivity (Wildman–Crippen MR) is 113 cm³/mol. The maximum atomic E-state index is 14.1. The summed E-state index contributed by atoms with van der Waals surface area (Å²) in [6, 6.07) is 14.9. The number of rotatable bonds is 4. The molecule has 0 N–H and O–H groups in total. The monoisotopic (exact) mass is 422 g/mol. The van der Waals surface area contributed by atoms with Gasteiger partial charge in [0.25, 0.3) is 5.56 Å². The standard InChI is InChI=1S/C23H19FN2O3S/c1-3-29-22(28)19-14(2)25-23-26(20(19)15-9-5-4-6-10-15)21(27)18(30-23)13-16-11-7-8-12-17(16)24/h4-13,20H,3H2,1-2H3/b18-13-/t20-/m1/s1. The summed E-state index contributed by atoms with van der Waals surface area (Å²) in [6.07, 6.45) is 1.52. The summed E-state index contributed by atoms with van der Waals surface area (Å²) in [5.74, 6) is -0.915. The van der Waals surface area contributed by atoms with Gasteiger partial charge in [0.15, 0.2) is 4.80 Å². The molecule has 0 fully saturated rings. The minimum atomic E-state index is -0.663. The maximum absolute atomic E-state index is 14.1. The van der Waals surface area contributed by atoms with Crippen LogP contribution in [0.3, 0.4) is 0 Å².